The summed E-state index contributed by atoms with van der Waals surface area (Å²) in [5.74, 6) is 1.83. The highest BCUT2D eigenvalue weighted by Crippen LogP contribution is 2.49. The maximum Gasteiger partial charge on any atom is -0.00488 e. The lowest BCUT2D eigenvalue weighted by Crippen LogP contribution is -2.15. The Hall–Kier alpha value is -0.820. The molecule has 1 aromatic carbocycles. The summed E-state index contributed by atoms with van der Waals surface area (Å²) in [6.45, 7) is 4.60. The molecule has 1 aliphatic carbocycles. The molecule has 1 fully saturated rings. The van der Waals surface area contributed by atoms with Crippen molar-refractivity contribution in [1.29, 1.82) is 0 Å². The molecular formula is C15H23N. The van der Waals surface area contributed by atoms with Gasteiger partial charge in [0.1, 0.15) is 0 Å². The first-order valence-corrected chi connectivity index (χ1v) is 6.67. The summed E-state index contributed by atoms with van der Waals surface area (Å²) in [5, 5.41) is 3.47. The highest BCUT2D eigenvalue weighted by molar-refractivity contribution is 5.25. The summed E-state index contributed by atoms with van der Waals surface area (Å²) in [4.78, 5) is 0. The molecular weight excluding hydrogens is 194 g/mol. The molecule has 16 heavy (non-hydrogen) atoms. The van der Waals surface area contributed by atoms with Crippen molar-refractivity contribution >= 4 is 0 Å². The number of hydrogen-bond acceptors (Lipinski definition) is 1. The molecule has 0 aliphatic heterocycles. The fraction of sp³-hybridized carbons (Fsp3) is 0.600. The predicted molar refractivity (Wildman–Crippen MR) is 69.7 cm³/mol. The number of nitrogens with one attached hydrogen (secondary N) is 1. The Balaban J connectivity index is 1.61. The summed E-state index contributed by atoms with van der Waals surface area (Å²) >= 11 is 0. The van der Waals surface area contributed by atoms with E-state index in [4.69, 9.17) is 0 Å². The smallest absolute Gasteiger partial charge is 0.00488 e. The van der Waals surface area contributed by atoms with Gasteiger partial charge in [-0.1, -0.05) is 37.3 Å². The van der Waals surface area contributed by atoms with Gasteiger partial charge < -0.3 is 5.32 Å². The third kappa shape index (κ3) is 3.34. The summed E-state index contributed by atoms with van der Waals surface area (Å²) in [7, 11) is 0. The topological polar surface area (TPSA) is 12.0 Å². The second-order valence-electron chi connectivity index (χ2n) is 4.91. The first kappa shape index (κ1) is 11.7. The van der Waals surface area contributed by atoms with Crippen molar-refractivity contribution < 1.29 is 0 Å². The van der Waals surface area contributed by atoms with Crippen LogP contribution >= 0.6 is 0 Å². The van der Waals surface area contributed by atoms with Crippen molar-refractivity contribution in [2.24, 2.45) is 5.92 Å². The van der Waals surface area contributed by atoms with E-state index in [-0.39, 0.29) is 0 Å². The van der Waals surface area contributed by atoms with Crippen LogP contribution in [-0.4, -0.2) is 13.1 Å². The number of hydrogen-bond donors (Lipinski definition) is 1. The van der Waals surface area contributed by atoms with Gasteiger partial charge in [0.25, 0.3) is 0 Å². The van der Waals surface area contributed by atoms with E-state index < -0.39 is 0 Å². The van der Waals surface area contributed by atoms with Crippen LogP contribution in [0.4, 0.5) is 0 Å². The van der Waals surface area contributed by atoms with Crippen LogP contribution in [0.15, 0.2) is 30.3 Å². The molecule has 1 aliphatic rings. The second-order valence-corrected chi connectivity index (χ2v) is 4.91. The molecule has 0 aromatic heterocycles. The molecule has 2 atom stereocenters. The van der Waals surface area contributed by atoms with E-state index in [2.05, 4.69) is 42.6 Å². The van der Waals surface area contributed by atoms with Gasteiger partial charge in [0, 0.05) is 0 Å². The Morgan fingerprint density at radius 2 is 2.00 bits per heavy atom. The molecule has 0 bridgehead atoms. The standard InChI is InChI=1S/C15H23N/c1-2-10-16-11-6-9-14-12-15(14)13-7-4-3-5-8-13/h3-5,7-8,14-16H,2,6,9-12H2,1H3. The Morgan fingerprint density at radius 3 is 2.75 bits per heavy atom. The Labute approximate surface area is 99.3 Å². The first-order valence-electron chi connectivity index (χ1n) is 6.67. The van der Waals surface area contributed by atoms with Crippen LogP contribution in [0.1, 0.15) is 44.1 Å². The van der Waals surface area contributed by atoms with Crippen LogP contribution in [0, 0.1) is 5.92 Å². The lowest BCUT2D eigenvalue weighted by Gasteiger charge is -2.03. The molecule has 2 rings (SSSR count). The number of benzene rings is 1. The molecule has 1 nitrogen and oxygen atoms in total. The SMILES string of the molecule is CCCNCCCC1CC1c1ccccc1. The van der Waals surface area contributed by atoms with Crippen molar-refractivity contribution in [3.05, 3.63) is 35.9 Å². The summed E-state index contributed by atoms with van der Waals surface area (Å²) in [6.07, 6.45) is 5.40. The van der Waals surface area contributed by atoms with E-state index in [1.807, 2.05) is 0 Å². The van der Waals surface area contributed by atoms with Crippen LogP contribution in [0.5, 0.6) is 0 Å². The van der Waals surface area contributed by atoms with Crippen LogP contribution in [0.25, 0.3) is 0 Å². The minimum atomic E-state index is 0.868. The third-order valence-electron chi connectivity index (χ3n) is 3.51. The molecule has 0 amide bonds. The summed E-state index contributed by atoms with van der Waals surface area (Å²) < 4.78 is 0. The van der Waals surface area contributed by atoms with Crippen molar-refractivity contribution in [2.45, 2.75) is 38.5 Å². The minimum absolute atomic E-state index is 0.868. The molecule has 0 saturated heterocycles. The van der Waals surface area contributed by atoms with Crippen molar-refractivity contribution in [3.63, 3.8) is 0 Å². The fourth-order valence-electron chi connectivity index (χ4n) is 2.47. The number of rotatable bonds is 7. The van der Waals surface area contributed by atoms with E-state index >= 15 is 0 Å². The van der Waals surface area contributed by atoms with Crippen molar-refractivity contribution in [2.75, 3.05) is 13.1 Å². The van der Waals surface area contributed by atoms with E-state index in [0.717, 1.165) is 11.8 Å². The predicted octanol–water partition coefficient (Wildman–Crippen LogP) is 3.57. The summed E-state index contributed by atoms with van der Waals surface area (Å²) in [6, 6.07) is 11.0. The molecule has 0 heterocycles. The molecule has 2 unspecified atom stereocenters. The maximum absolute atomic E-state index is 3.47. The van der Waals surface area contributed by atoms with E-state index in [1.165, 1.54) is 38.8 Å². The normalized spacial score (nSPS) is 23.3. The minimum Gasteiger partial charge on any atom is -0.317 e. The van der Waals surface area contributed by atoms with E-state index in [0.29, 0.717) is 0 Å². The van der Waals surface area contributed by atoms with Crippen molar-refractivity contribution in [1.82, 2.24) is 5.32 Å². The van der Waals surface area contributed by atoms with Gasteiger partial charge in [0.2, 0.25) is 0 Å². The Morgan fingerprint density at radius 1 is 1.19 bits per heavy atom. The highest BCUT2D eigenvalue weighted by atomic mass is 14.8. The van der Waals surface area contributed by atoms with Gasteiger partial charge in [-0.3, -0.25) is 0 Å². The zero-order valence-corrected chi connectivity index (χ0v) is 10.3. The Bertz CT molecular complexity index is 294. The van der Waals surface area contributed by atoms with E-state index in [1.54, 1.807) is 5.56 Å². The van der Waals surface area contributed by atoms with E-state index in [9.17, 15) is 0 Å². The highest BCUT2D eigenvalue weighted by Gasteiger charge is 2.36. The van der Waals surface area contributed by atoms with Gasteiger partial charge >= 0.3 is 0 Å². The van der Waals surface area contributed by atoms with Gasteiger partial charge in [0.15, 0.2) is 0 Å². The van der Waals surface area contributed by atoms with Gasteiger partial charge in [-0.25, -0.2) is 0 Å². The summed E-state index contributed by atoms with van der Waals surface area (Å²) in [5.41, 5.74) is 1.55. The molecule has 0 radical (unpaired) electrons. The van der Waals surface area contributed by atoms with Crippen LogP contribution in [-0.2, 0) is 0 Å². The lowest BCUT2D eigenvalue weighted by molar-refractivity contribution is 0.584. The Kier molecular flexibility index (Phi) is 4.41. The van der Waals surface area contributed by atoms with Gasteiger partial charge in [0.05, 0.1) is 0 Å². The van der Waals surface area contributed by atoms with Crippen molar-refractivity contribution in [3.8, 4) is 0 Å². The van der Waals surface area contributed by atoms with Gasteiger partial charge in [-0.15, -0.1) is 0 Å². The molecule has 1 N–H and O–H groups in total. The molecule has 1 saturated carbocycles. The fourth-order valence-corrected chi connectivity index (χ4v) is 2.47. The zero-order chi connectivity index (χ0) is 11.2. The van der Waals surface area contributed by atoms with Crippen LogP contribution in [0.3, 0.4) is 0 Å². The first-order chi connectivity index (χ1) is 7.92. The average Bonchev–Trinajstić information content (AvgIpc) is 3.10. The monoisotopic (exact) mass is 217 g/mol. The van der Waals surface area contributed by atoms with Gasteiger partial charge in [-0.05, 0) is 56.2 Å². The maximum atomic E-state index is 3.47. The largest absolute Gasteiger partial charge is 0.317 e. The van der Waals surface area contributed by atoms with Gasteiger partial charge in [-0.2, -0.15) is 0 Å². The zero-order valence-electron chi connectivity index (χ0n) is 10.3. The molecule has 1 heteroatoms. The lowest BCUT2D eigenvalue weighted by atomic mass is 10.1. The van der Waals surface area contributed by atoms with Crippen LogP contribution < -0.4 is 5.32 Å². The molecule has 0 spiro atoms. The quantitative estimate of drug-likeness (QED) is 0.688. The second kappa shape index (κ2) is 6.05. The average molecular weight is 217 g/mol. The third-order valence-corrected chi connectivity index (χ3v) is 3.51. The molecule has 88 valence electrons. The van der Waals surface area contributed by atoms with Crippen LogP contribution in [0.2, 0.25) is 0 Å². The molecule has 1 aromatic rings.